The number of halogens is 1. The predicted molar refractivity (Wildman–Crippen MR) is 80.0 cm³/mol. The van der Waals surface area contributed by atoms with Gasteiger partial charge in [0.05, 0.1) is 6.10 Å². The molecule has 3 atom stereocenters. The van der Waals surface area contributed by atoms with Gasteiger partial charge in [-0.05, 0) is 44.7 Å². The lowest BCUT2D eigenvalue weighted by molar-refractivity contribution is 0.199. The summed E-state index contributed by atoms with van der Waals surface area (Å²) in [6.45, 7) is 7.52. The van der Waals surface area contributed by atoms with E-state index >= 15 is 0 Å². The molecule has 100 valence electrons. The molecule has 3 heteroatoms. The van der Waals surface area contributed by atoms with E-state index in [0.717, 1.165) is 22.5 Å². The van der Waals surface area contributed by atoms with Crippen LogP contribution in [0.1, 0.15) is 45.3 Å². The molecule has 1 heterocycles. The summed E-state index contributed by atoms with van der Waals surface area (Å²) < 4.78 is 1.08. The van der Waals surface area contributed by atoms with Crippen LogP contribution >= 0.6 is 15.9 Å². The molecular weight excluding hydrogens is 290 g/mol. The molecular formula is C15H22BrNO. The first kappa shape index (κ1) is 13.9. The third-order valence-corrected chi connectivity index (χ3v) is 4.38. The molecule has 0 saturated carbocycles. The highest BCUT2D eigenvalue weighted by Gasteiger charge is 2.25. The van der Waals surface area contributed by atoms with Crippen LogP contribution in [0.2, 0.25) is 0 Å². The predicted octanol–water partition coefficient (Wildman–Crippen LogP) is 4.13. The first-order valence-corrected chi connectivity index (χ1v) is 7.52. The second-order valence-corrected chi connectivity index (χ2v) is 6.47. The highest BCUT2D eigenvalue weighted by atomic mass is 79.9. The minimum Gasteiger partial charge on any atom is -0.389 e. The average molecular weight is 312 g/mol. The van der Waals surface area contributed by atoms with Crippen molar-refractivity contribution in [1.82, 2.24) is 0 Å². The van der Waals surface area contributed by atoms with Crippen molar-refractivity contribution in [3.8, 4) is 0 Å². The Labute approximate surface area is 118 Å². The van der Waals surface area contributed by atoms with Gasteiger partial charge in [0.25, 0.3) is 0 Å². The number of piperidine rings is 1. The number of anilines is 1. The van der Waals surface area contributed by atoms with E-state index in [1.165, 1.54) is 18.5 Å². The molecule has 0 spiro atoms. The minimum atomic E-state index is -0.417. The fraction of sp³-hybridized carbons (Fsp3) is 0.600. The number of rotatable bonds is 2. The standard InChI is InChI=1S/C15H22BrNO/c1-10-6-7-17(11(2)8-10)15-9-13(16)4-5-14(15)12(3)18/h4-5,9-12,18H,6-8H2,1-3H3. The summed E-state index contributed by atoms with van der Waals surface area (Å²) in [6, 6.07) is 6.70. The highest BCUT2D eigenvalue weighted by molar-refractivity contribution is 9.10. The van der Waals surface area contributed by atoms with Crippen LogP contribution in [0.25, 0.3) is 0 Å². The average Bonchev–Trinajstić information content (AvgIpc) is 2.28. The second kappa shape index (κ2) is 5.62. The monoisotopic (exact) mass is 311 g/mol. The van der Waals surface area contributed by atoms with Crippen LogP contribution in [0.4, 0.5) is 5.69 Å². The van der Waals surface area contributed by atoms with Crippen molar-refractivity contribution in [2.45, 2.75) is 45.8 Å². The highest BCUT2D eigenvalue weighted by Crippen LogP contribution is 2.34. The molecule has 0 bridgehead atoms. The van der Waals surface area contributed by atoms with Gasteiger partial charge < -0.3 is 10.0 Å². The molecule has 1 aliphatic heterocycles. The van der Waals surface area contributed by atoms with Crippen molar-refractivity contribution in [3.05, 3.63) is 28.2 Å². The molecule has 0 aliphatic carbocycles. The normalized spacial score (nSPS) is 26.2. The molecule has 1 N–H and O–H groups in total. The van der Waals surface area contributed by atoms with E-state index < -0.39 is 6.10 Å². The SMILES string of the molecule is CC1CCN(c2cc(Br)ccc2C(C)O)C(C)C1. The largest absolute Gasteiger partial charge is 0.389 e. The van der Waals surface area contributed by atoms with Crippen molar-refractivity contribution in [3.63, 3.8) is 0 Å². The van der Waals surface area contributed by atoms with Crippen molar-refractivity contribution in [2.24, 2.45) is 5.92 Å². The van der Waals surface area contributed by atoms with Crippen LogP contribution < -0.4 is 4.90 Å². The number of benzene rings is 1. The maximum absolute atomic E-state index is 9.92. The van der Waals surface area contributed by atoms with E-state index in [1.54, 1.807) is 0 Å². The van der Waals surface area contributed by atoms with Gasteiger partial charge in [-0.15, -0.1) is 0 Å². The smallest absolute Gasteiger partial charge is 0.0782 e. The molecule has 1 aromatic carbocycles. The summed E-state index contributed by atoms with van der Waals surface area (Å²) >= 11 is 3.54. The van der Waals surface area contributed by atoms with Crippen LogP contribution in [0.5, 0.6) is 0 Å². The fourth-order valence-electron chi connectivity index (χ4n) is 2.88. The van der Waals surface area contributed by atoms with E-state index in [4.69, 9.17) is 0 Å². The number of hydrogen-bond donors (Lipinski definition) is 1. The Morgan fingerprint density at radius 1 is 1.39 bits per heavy atom. The topological polar surface area (TPSA) is 23.5 Å². The maximum Gasteiger partial charge on any atom is 0.0782 e. The Bertz CT molecular complexity index is 419. The van der Waals surface area contributed by atoms with Crippen LogP contribution in [0, 0.1) is 5.92 Å². The zero-order valence-electron chi connectivity index (χ0n) is 11.4. The maximum atomic E-state index is 9.92. The first-order valence-electron chi connectivity index (χ1n) is 6.73. The molecule has 0 radical (unpaired) electrons. The van der Waals surface area contributed by atoms with Gasteiger partial charge in [-0.25, -0.2) is 0 Å². The van der Waals surface area contributed by atoms with Crippen LogP contribution in [-0.4, -0.2) is 17.7 Å². The van der Waals surface area contributed by atoms with Gasteiger partial charge in [0, 0.05) is 28.3 Å². The van der Waals surface area contributed by atoms with E-state index in [-0.39, 0.29) is 0 Å². The molecule has 18 heavy (non-hydrogen) atoms. The van der Waals surface area contributed by atoms with Gasteiger partial charge >= 0.3 is 0 Å². The fourth-order valence-corrected chi connectivity index (χ4v) is 3.23. The lowest BCUT2D eigenvalue weighted by Gasteiger charge is -2.39. The molecule has 2 nitrogen and oxygen atoms in total. The van der Waals surface area contributed by atoms with Gasteiger partial charge in [0.15, 0.2) is 0 Å². The van der Waals surface area contributed by atoms with E-state index in [9.17, 15) is 5.11 Å². The van der Waals surface area contributed by atoms with Gasteiger partial charge in [0.2, 0.25) is 0 Å². The van der Waals surface area contributed by atoms with E-state index in [1.807, 2.05) is 19.1 Å². The van der Waals surface area contributed by atoms with Gasteiger partial charge in [-0.1, -0.05) is 28.9 Å². The molecule has 1 aliphatic rings. The molecule has 0 amide bonds. The zero-order valence-corrected chi connectivity index (χ0v) is 12.9. The Hall–Kier alpha value is -0.540. The summed E-state index contributed by atoms with van der Waals surface area (Å²) in [7, 11) is 0. The lowest BCUT2D eigenvalue weighted by Crippen LogP contribution is -2.40. The Morgan fingerprint density at radius 3 is 2.72 bits per heavy atom. The summed E-state index contributed by atoms with van der Waals surface area (Å²) in [5, 5.41) is 9.92. The second-order valence-electron chi connectivity index (χ2n) is 5.55. The van der Waals surface area contributed by atoms with Crippen LogP contribution in [0.3, 0.4) is 0 Å². The molecule has 1 aromatic rings. The van der Waals surface area contributed by atoms with Gasteiger partial charge in [-0.3, -0.25) is 0 Å². The number of aliphatic hydroxyl groups excluding tert-OH is 1. The van der Waals surface area contributed by atoms with Crippen LogP contribution in [0.15, 0.2) is 22.7 Å². The quantitative estimate of drug-likeness (QED) is 0.887. The Kier molecular flexibility index (Phi) is 4.33. The summed E-state index contributed by atoms with van der Waals surface area (Å²) in [4.78, 5) is 2.44. The van der Waals surface area contributed by atoms with Crippen molar-refractivity contribution < 1.29 is 5.11 Å². The summed E-state index contributed by atoms with van der Waals surface area (Å²) in [5.41, 5.74) is 2.21. The molecule has 3 unspecified atom stereocenters. The van der Waals surface area contributed by atoms with Crippen LogP contribution in [-0.2, 0) is 0 Å². The molecule has 1 fully saturated rings. The third-order valence-electron chi connectivity index (χ3n) is 3.89. The lowest BCUT2D eigenvalue weighted by atomic mass is 9.92. The molecule has 0 aromatic heterocycles. The minimum absolute atomic E-state index is 0.417. The van der Waals surface area contributed by atoms with Crippen molar-refractivity contribution >= 4 is 21.6 Å². The van der Waals surface area contributed by atoms with Gasteiger partial charge in [-0.2, -0.15) is 0 Å². The Balaban J connectivity index is 2.34. The number of aliphatic hydroxyl groups is 1. The van der Waals surface area contributed by atoms with Gasteiger partial charge in [0.1, 0.15) is 0 Å². The van der Waals surface area contributed by atoms with E-state index in [2.05, 4.69) is 40.7 Å². The Morgan fingerprint density at radius 2 is 2.11 bits per heavy atom. The van der Waals surface area contributed by atoms with E-state index in [0.29, 0.717) is 6.04 Å². The summed E-state index contributed by atoms with van der Waals surface area (Å²) in [5.74, 6) is 0.804. The molecule has 1 saturated heterocycles. The van der Waals surface area contributed by atoms with Crippen molar-refractivity contribution in [2.75, 3.05) is 11.4 Å². The molecule has 2 rings (SSSR count). The number of hydrogen-bond acceptors (Lipinski definition) is 2. The zero-order chi connectivity index (χ0) is 13.3. The number of nitrogens with zero attached hydrogens (tertiary/aromatic N) is 1. The summed E-state index contributed by atoms with van der Waals surface area (Å²) in [6.07, 6.45) is 2.04. The third kappa shape index (κ3) is 2.89. The van der Waals surface area contributed by atoms with Crippen molar-refractivity contribution in [1.29, 1.82) is 0 Å². The first-order chi connectivity index (χ1) is 8.49.